The number of ketones is 1. The van der Waals surface area contributed by atoms with E-state index in [1.54, 1.807) is 28.8 Å². The second kappa shape index (κ2) is 17.0. The number of rotatable bonds is 17. The van der Waals surface area contributed by atoms with Crippen molar-refractivity contribution in [3.05, 3.63) is 69.9 Å². The molecule has 3 aromatic rings. The van der Waals surface area contributed by atoms with Gasteiger partial charge in [0, 0.05) is 52.8 Å². The molecule has 0 aliphatic heterocycles. The molecule has 238 valence electrons. The fraction of sp³-hybridized carbons (Fsp3) is 0.419. The maximum atomic E-state index is 13.5. The van der Waals surface area contributed by atoms with Gasteiger partial charge in [-0.15, -0.1) is 0 Å². The van der Waals surface area contributed by atoms with Crippen molar-refractivity contribution < 1.29 is 24.3 Å². The SMILES string of the molecule is Cc1ccc2c(c1)c(CC(=O)NCCCC(N)C(=O)[C@H](CS)NCCN[C@@H](CS)C(=O)O)c(C)n2C(=O)c1ccc(Cl)cc1. The molecule has 1 heterocycles. The molecule has 0 aliphatic carbocycles. The lowest BCUT2D eigenvalue weighted by molar-refractivity contribution is -0.138. The molecule has 13 heteroatoms. The largest absolute Gasteiger partial charge is 0.480 e. The molecular weight excluding hydrogens is 622 g/mol. The van der Waals surface area contributed by atoms with Gasteiger partial charge in [0.05, 0.1) is 24.0 Å². The Hall–Kier alpha value is -2.87. The van der Waals surface area contributed by atoms with E-state index in [0.29, 0.717) is 48.8 Å². The van der Waals surface area contributed by atoms with Gasteiger partial charge in [-0.05, 0) is 68.7 Å². The molecule has 1 amide bonds. The van der Waals surface area contributed by atoms with Gasteiger partial charge in [-0.3, -0.25) is 23.7 Å². The van der Waals surface area contributed by atoms with Gasteiger partial charge in [-0.25, -0.2) is 0 Å². The van der Waals surface area contributed by atoms with E-state index >= 15 is 0 Å². The van der Waals surface area contributed by atoms with Gasteiger partial charge >= 0.3 is 5.97 Å². The summed E-state index contributed by atoms with van der Waals surface area (Å²) in [6.45, 7) is 4.83. The van der Waals surface area contributed by atoms with Crippen LogP contribution in [0.1, 0.15) is 40.0 Å². The third kappa shape index (κ3) is 9.32. The Morgan fingerprint density at radius 2 is 1.59 bits per heavy atom. The minimum atomic E-state index is -0.989. The van der Waals surface area contributed by atoms with Gasteiger partial charge in [0.15, 0.2) is 5.78 Å². The Labute approximate surface area is 273 Å². The van der Waals surface area contributed by atoms with Crippen molar-refractivity contribution in [2.45, 2.75) is 51.2 Å². The third-order valence-corrected chi connectivity index (χ3v) is 8.40. The number of benzene rings is 2. The average molecular weight is 662 g/mol. The minimum absolute atomic E-state index is 0.0906. The molecule has 10 nitrogen and oxygen atoms in total. The van der Waals surface area contributed by atoms with Gasteiger partial charge in [0.25, 0.3) is 5.91 Å². The summed E-state index contributed by atoms with van der Waals surface area (Å²) in [4.78, 5) is 50.3. The molecule has 0 aliphatic rings. The summed E-state index contributed by atoms with van der Waals surface area (Å²) in [5, 5.41) is 19.3. The van der Waals surface area contributed by atoms with E-state index in [0.717, 1.165) is 22.0 Å². The van der Waals surface area contributed by atoms with Crippen LogP contribution < -0.4 is 21.7 Å². The van der Waals surface area contributed by atoms with E-state index in [1.165, 1.54) is 0 Å². The van der Waals surface area contributed by atoms with Crippen LogP contribution in [0.15, 0.2) is 42.5 Å². The molecule has 0 saturated carbocycles. The van der Waals surface area contributed by atoms with Gasteiger partial charge in [0.2, 0.25) is 5.91 Å². The van der Waals surface area contributed by atoms with Crippen molar-refractivity contribution in [3.63, 3.8) is 0 Å². The third-order valence-electron chi connectivity index (χ3n) is 7.41. The van der Waals surface area contributed by atoms with Crippen LogP contribution in [-0.2, 0) is 20.8 Å². The number of carboxylic acids is 1. The lowest BCUT2D eigenvalue weighted by Gasteiger charge is -2.20. The molecule has 0 spiro atoms. The van der Waals surface area contributed by atoms with Gasteiger partial charge in [-0.1, -0.05) is 23.2 Å². The van der Waals surface area contributed by atoms with E-state index in [9.17, 15) is 19.2 Å². The monoisotopic (exact) mass is 661 g/mol. The molecule has 3 atom stereocenters. The number of nitrogens with zero attached hydrogens (tertiary/aromatic N) is 1. The number of nitrogens with one attached hydrogen (secondary N) is 3. The summed E-state index contributed by atoms with van der Waals surface area (Å²) in [6.07, 6.45) is 0.959. The lowest BCUT2D eigenvalue weighted by Crippen LogP contribution is -2.50. The Morgan fingerprint density at radius 3 is 2.20 bits per heavy atom. The highest BCUT2D eigenvalue weighted by Crippen LogP contribution is 2.28. The van der Waals surface area contributed by atoms with Crippen LogP contribution in [0.4, 0.5) is 0 Å². The number of carbonyl (C=O) groups excluding carboxylic acids is 3. The highest BCUT2D eigenvalue weighted by atomic mass is 35.5. The second-order valence-corrected chi connectivity index (χ2v) is 11.8. The van der Waals surface area contributed by atoms with E-state index in [1.807, 2.05) is 32.0 Å². The van der Waals surface area contributed by atoms with Crippen molar-refractivity contribution in [2.24, 2.45) is 5.73 Å². The first-order valence-corrected chi connectivity index (χ1v) is 16.0. The quantitative estimate of drug-likeness (QED) is 0.0861. The number of fused-ring (bicyclic) bond motifs is 1. The number of aliphatic carboxylic acids is 1. The number of carboxylic acid groups (broad SMARTS) is 1. The number of carbonyl (C=O) groups is 4. The predicted molar refractivity (Wildman–Crippen MR) is 180 cm³/mol. The molecule has 0 fully saturated rings. The Balaban J connectivity index is 1.55. The summed E-state index contributed by atoms with van der Waals surface area (Å²) >= 11 is 14.3. The average Bonchev–Trinajstić information content (AvgIpc) is 3.26. The van der Waals surface area contributed by atoms with Crippen LogP contribution in [-0.4, -0.2) is 82.5 Å². The number of hydrogen-bond acceptors (Lipinski definition) is 9. The molecular formula is C31H40ClN5O5S2. The van der Waals surface area contributed by atoms with E-state index in [-0.39, 0.29) is 35.5 Å². The summed E-state index contributed by atoms with van der Waals surface area (Å²) in [7, 11) is 0. The first-order valence-electron chi connectivity index (χ1n) is 14.4. The fourth-order valence-corrected chi connectivity index (χ4v) is 5.68. The van der Waals surface area contributed by atoms with Crippen LogP contribution in [0.2, 0.25) is 5.02 Å². The van der Waals surface area contributed by atoms with Crippen LogP contribution in [0.25, 0.3) is 10.9 Å². The highest BCUT2D eigenvalue weighted by molar-refractivity contribution is 7.80. The minimum Gasteiger partial charge on any atom is -0.480 e. The van der Waals surface area contributed by atoms with Crippen LogP contribution >= 0.6 is 36.9 Å². The predicted octanol–water partition coefficient (Wildman–Crippen LogP) is 2.80. The van der Waals surface area contributed by atoms with Crippen LogP contribution in [0.3, 0.4) is 0 Å². The van der Waals surface area contributed by atoms with Gasteiger partial charge in [-0.2, -0.15) is 25.3 Å². The Kier molecular flexibility index (Phi) is 13.8. The zero-order valence-corrected chi connectivity index (χ0v) is 27.4. The smallest absolute Gasteiger partial charge is 0.321 e. The van der Waals surface area contributed by atoms with Crippen molar-refractivity contribution in [3.8, 4) is 0 Å². The van der Waals surface area contributed by atoms with E-state index < -0.39 is 24.1 Å². The van der Waals surface area contributed by atoms with Gasteiger partial charge in [0.1, 0.15) is 6.04 Å². The number of Topliss-reactive ketones (excluding diaryl/α,β-unsaturated/α-hetero) is 1. The molecule has 1 aromatic heterocycles. The number of amides is 1. The Bertz CT molecular complexity index is 1480. The first-order chi connectivity index (χ1) is 21.0. The summed E-state index contributed by atoms with van der Waals surface area (Å²) < 4.78 is 1.64. The van der Waals surface area contributed by atoms with E-state index in [4.69, 9.17) is 22.4 Å². The van der Waals surface area contributed by atoms with Crippen molar-refractivity contribution >= 4 is 71.3 Å². The number of aryl methyl sites for hydroxylation is 1. The molecule has 0 saturated heterocycles. The molecule has 3 rings (SSSR count). The number of halogens is 1. The number of hydrogen-bond donors (Lipinski definition) is 7. The van der Waals surface area contributed by atoms with Crippen molar-refractivity contribution in [1.82, 2.24) is 20.5 Å². The standard InChI is InChI=1S/C31H40ClN5O5S2/c1-18-5-10-27-23(14-18)22(19(2)37(27)30(40)20-6-8-21(32)9-7-20)15-28(38)36-11-3-4-24(33)29(39)25(16-43)34-12-13-35-26(17-44)31(41)42/h5-10,14,24-26,34-35,43-44H,3-4,11-13,15-17,33H2,1-2H3,(H,36,38)(H,41,42)/t24?,25-,26-/m0/s1. The normalized spacial score (nSPS) is 13.4. The number of aromatic nitrogens is 1. The Morgan fingerprint density at radius 1 is 0.955 bits per heavy atom. The molecule has 44 heavy (non-hydrogen) atoms. The zero-order valence-electron chi connectivity index (χ0n) is 24.8. The molecule has 0 radical (unpaired) electrons. The van der Waals surface area contributed by atoms with Crippen LogP contribution in [0.5, 0.6) is 0 Å². The molecule has 2 aromatic carbocycles. The molecule has 6 N–H and O–H groups in total. The van der Waals surface area contributed by atoms with Crippen LogP contribution in [0, 0.1) is 13.8 Å². The first kappa shape index (κ1) is 35.6. The van der Waals surface area contributed by atoms with Gasteiger partial charge < -0.3 is 26.8 Å². The summed E-state index contributed by atoms with van der Waals surface area (Å²) in [5.74, 6) is -1.19. The van der Waals surface area contributed by atoms with Crippen molar-refractivity contribution in [1.29, 1.82) is 0 Å². The van der Waals surface area contributed by atoms with Crippen molar-refractivity contribution in [2.75, 3.05) is 31.1 Å². The summed E-state index contributed by atoms with van der Waals surface area (Å²) in [6, 6.07) is 10.4. The summed E-state index contributed by atoms with van der Waals surface area (Å²) in [5.41, 5.74) is 9.85. The molecule has 1 unspecified atom stereocenters. The lowest BCUT2D eigenvalue weighted by atomic mass is 10.0. The zero-order chi connectivity index (χ0) is 32.4. The second-order valence-electron chi connectivity index (χ2n) is 10.6. The highest BCUT2D eigenvalue weighted by Gasteiger charge is 2.24. The fourth-order valence-electron chi connectivity index (χ4n) is 4.95. The maximum absolute atomic E-state index is 13.5. The topological polar surface area (TPSA) is 156 Å². The number of thiol groups is 2. The number of nitrogens with two attached hydrogens (primary N) is 1. The molecule has 0 bridgehead atoms. The maximum Gasteiger partial charge on any atom is 0.321 e. The van der Waals surface area contributed by atoms with E-state index in [2.05, 4.69) is 41.2 Å².